The number of benzene rings is 2. The van der Waals surface area contributed by atoms with Crippen LogP contribution in [0.15, 0.2) is 47.4 Å². The summed E-state index contributed by atoms with van der Waals surface area (Å²) in [4.78, 5) is -0.188. The first-order chi connectivity index (χ1) is 11.5. The lowest BCUT2D eigenvalue weighted by molar-refractivity contribution is -0.138. The summed E-state index contributed by atoms with van der Waals surface area (Å²) in [7, 11) is -3.91. The summed E-state index contributed by atoms with van der Waals surface area (Å²) in [5, 5.41) is 7.18. The predicted octanol–water partition coefficient (Wildman–Crippen LogP) is 2.80. The third-order valence-electron chi connectivity index (χ3n) is 2.93. The molecule has 11 heteroatoms. The second-order valence-electron chi connectivity index (χ2n) is 4.82. The Morgan fingerprint density at radius 1 is 1.12 bits per heavy atom. The Morgan fingerprint density at radius 3 is 2.20 bits per heavy atom. The van der Waals surface area contributed by atoms with Crippen molar-refractivity contribution in [3.8, 4) is 11.5 Å². The van der Waals surface area contributed by atoms with Gasteiger partial charge in [0.15, 0.2) is 5.11 Å². The van der Waals surface area contributed by atoms with Gasteiger partial charge in [-0.15, -0.1) is 0 Å². The van der Waals surface area contributed by atoms with E-state index in [1.807, 2.05) is 0 Å². The SMILES string of the molecule is NC(=S)Nc1ccc(Oc2ccc(S(N)(=O)=O)cc2)c(C(F)(F)F)c1. The van der Waals surface area contributed by atoms with Crippen molar-refractivity contribution >= 4 is 33.0 Å². The van der Waals surface area contributed by atoms with E-state index in [0.29, 0.717) is 0 Å². The molecule has 5 N–H and O–H groups in total. The van der Waals surface area contributed by atoms with Gasteiger partial charge in [-0.2, -0.15) is 13.2 Å². The molecule has 2 aromatic carbocycles. The molecule has 0 fully saturated rings. The van der Waals surface area contributed by atoms with Crippen LogP contribution in [0.2, 0.25) is 0 Å². The number of nitrogens with one attached hydrogen (secondary N) is 1. The highest BCUT2D eigenvalue weighted by Gasteiger charge is 2.35. The topological polar surface area (TPSA) is 107 Å². The zero-order valence-electron chi connectivity index (χ0n) is 12.4. The summed E-state index contributed by atoms with van der Waals surface area (Å²) in [5.41, 5.74) is 4.24. The maximum Gasteiger partial charge on any atom is 0.420 e. The lowest BCUT2D eigenvalue weighted by Gasteiger charge is -2.15. The molecule has 6 nitrogen and oxygen atoms in total. The van der Waals surface area contributed by atoms with Crippen molar-refractivity contribution in [3.63, 3.8) is 0 Å². The Morgan fingerprint density at radius 2 is 1.72 bits per heavy atom. The number of nitrogens with two attached hydrogens (primary N) is 2. The molecule has 0 saturated carbocycles. The molecule has 0 heterocycles. The molecule has 0 bridgehead atoms. The number of rotatable bonds is 4. The van der Waals surface area contributed by atoms with Crippen LogP contribution in [-0.2, 0) is 16.2 Å². The standard InChI is InChI=1S/C14H12F3N3O3S2/c15-14(16,17)11-7-8(20-13(18)24)1-6-12(11)23-9-2-4-10(5-3-9)25(19,21)22/h1-7H,(H3,18,20,24)(H2,19,21,22). The van der Waals surface area contributed by atoms with Crippen LogP contribution in [0.3, 0.4) is 0 Å². The van der Waals surface area contributed by atoms with E-state index < -0.39 is 27.5 Å². The third kappa shape index (κ3) is 5.05. The number of sulfonamides is 1. The number of ether oxygens (including phenoxy) is 1. The van der Waals surface area contributed by atoms with E-state index in [1.54, 1.807) is 0 Å². The fourth-order valence-corrected chi connectivity index (χ4v) is 2.52. The van der Waals surface area contributed by atoms with E-state index >= 15 is 0 Å². The van der Waals surface area contributed by atoms with Crippen molar-refractivity contribution in [2.24, 2.45) is 10.9 Å². The second-order valence-corrected chi connectivity index (χ2v) is 6.82. The van der Waals surface area contributed by atoms with Crippen LogP contribution in [0, 0.1) is 0 Å². The number of anilines is 1. The lowest BCUT2D eigenvalue weighted by Crippen LogP contribution is -2.19. The van der Waals surface area contributed by atoms with E-state index in [0.717, 1.165) is 24.3 Å². The number of hydrogen-bond acceptors (Lipinski definition) is 4. The minimum Gasteiger partial charge on any atom is -0.457 e. The predicted molar refractivity (Wildman–Crippen MR) is 89.7 cm³/mol. The van der Waals surface area contributed by atoms with Crippen LogP contribution in [0.25, 0.3) is 0 Å². The highest BCUT2D eigenvalue weighted by atomic mass is 32.2. The van der Waals surface area contributed by atoms with Gasteiger partial charge in [-0.1, -0.05) is 0 Å². The van der Waals surface area contributed by atoms with Gasteiger partial charge in [-0.3, -0.25) is 0 Å². The van der Waals surface area contributed by atoms with Gasteiger partial charge in [0.25, 0.3) is 0 Å². The van der Waals surface area contributed by atoms with Crippen LogP contribution in [0.1, 0.15) is 5.56 Å². The number of hydrogen-bond donors (Lipinski definition) is 3. The van der Waals surface area contributed by atoms with Gasteiger partial charge < -0.3 is 15.8 Å². The van der Waals surface area contributed by atoms with Crippen LogP contribution in [-0.4, -0.2) is 13.5 Å². The van der Waals surface area contributed by atoms with E-state index in [-0.39, 0.29) is 21.4 Å². The fraction of sp³-hybridized carbons (Fsp3) is 0.0714. The molecule has 25 heavy (non-hydrogen) atoms. The first-order valence-corrected chi connectivity index (χ1v) is 8.51. The van der Waals surface area contributed by atoms with Gasteiger partial charge in [-0.25, -0.2) is 13.6 Å². The molecular formula is C14H12F3N3O3S2. The van der Waals surface area contributed by atoms with E-state index in [4.69, 9.17) is 15.6 Å². The Hall–Kier alpha value is -2.37. The van der Waals surface area contributed by atoms with Gasteiger partial charge >= 0.3 is 6.18 Å². The molecular weight excluding hydrogens is 379 g/mol. The summed E-state index contributed by atoms with van der Waals surface area (Å²) in [6.45, 7) is 0. The second kappa shape index (κ2) is 6.86. The minimum atomic E-state index is -4.69. The summed E-state index contributed by atoms with van der Waals surface area (Å²) in [6.07, 6.45) is -4.69. The zero-order valence-corrected chi connectivity index (χ0v) is 14.0. The van der Waals surface area contributed by atoms with E-state index in [9.17, 15) is 21.6 Å². The molecule has 0 radical (unpaired) electrons. The molecule has 134 valence electrons. The molecule has 0 aliphatic carbocycles. The number of primary sulfonamides is 1. The molecule has 0 spiro atoms. The molecule has 0 aliphatic rings. The van der Waals surface area contributed by atoms with Crippen molar-refractivity contribution in [3.05, 3.63) is 48.0 Å². The normalized spacial score (nSPS) is 11.8. The van der Waals surface area contributed by atoms with Crippen molar-refractivity contribution < 1.29 is 26.3 Å². The third-order valence-corrected chi connectivity index (χ3v) is 3.96. The summed E-state index contributed by atoms with van der Waals surface area (Å²) in [6, 6.07) is 7.84. The van der Waals surface area contributed by atoms with Crippen LogP contribution in [0.4, 0.5) is 18.9 Å². The fourth-order valence-electron chi connectivity index (χ4n) is 1.88. The molecule has 0 aliphatic heterocycles. The largest absolute Gasteiger partial charge is 0.457 e. The Kier molecular flexibility index (Phi) is 5.20. The average molecular weight is 391 g/mol. The number of halogens is 3. The molecule has 2 rings (SSSR count). The van der Waals surface area contributed by atoms with Crippen molar-refractivity contribution in [2.45, 2.75) is 11.1 Å². The van der Waals surface area contributed by atoms with Gasteiger partial charge in [-0.05, 0) is 54.7 Å². The molecule has 0 atom stereocenters. The van der Waals surface area contributed by atoms with Crippen LogP contribution >= 0.6 is 12.2 Å². The van der Waals surface area contributed by atoms with Crippen molar-refractivity contribution in [1.29, 1.82) is 0 Å². The highest BCUT2D eigenvalue weighted by molar-refractivity contribution is 7.89. The van der Waals surface area contributed by atoms with Gasteiger partial charge in [0.2, 0.25) is 10.0 Å². The monoisotopic (exact) mass is 391 g/mol. The first kappa shape index (κ1) is 19.0. The number of alkyl halides is 3. The molecule has 2 aromatic rings. The first-order valence-electron chi connectivity index (χ1n) is 6.55. The van der Waals surface area contributed by atoms with Gasteiger partial charge in [0.1, 0.15) is 17.1 Å². The molecule has 0 saturated heterocycles. The summed E-state index contributed by atoms with van der Waals surface area (Å²) in [5.74, 6) is -0.461. The van der Waals surface area contributed by atoms with E-state index in [1.165, 1.54) is 18.2 Å². The Bertz CT molecular complexity index is 898. The van der Waals surface area contributed by atoms with Crippen molar-refractivity contribution in [1.82, 2.24) is 0 Å². The van der Waals surface area contributed by atoms with Crippen LogP contribution in [0.5, 0.6) is 11.5 Å². The number of thiocarbonyl (C=S) groups is 1. The minimum absolute atomic E-state index is 0.00737. The van der Waals surface area contributed by atoms with Crippen LogP contribution < -0.4 is 20.9 Å². The average Bonchev–Trinajstić information content (AvgIpc) is 2.47. The van der Waals surface area contributed by atoms with Gasteiger partial charge in [0.05, 0.1) is 4.90 Å². The Labute approximate surface area is 146 Å². The summed E-state index contributed by atoms with van der Waals surface area (Å²) >= 11 is 4.59. The zero-order chi connectivity index (χ0) is 18.8. The molecule has 0 aromatic heterocycles. The maximum absolute atomic E-state index is 13.2. The quantitative estimate of drug-likeness (QED) is 0.692. The maximum atomic E-state index is 13.2. The molecule has 0 amide bonds. The van der Waals surface area contributed by atoms with E-state index in [2.05, 4.69) is 17.5 Å². The smallest absolute Gasteiger partial charge is 0.420 e. The van der Waals surface area contributed by atoms with Gasteiger partial charge in [0, 0.05) is 5.69 Å². The van der Waals surface area contributed by atoms with Crippen molar-refractivity contribution in [2.75, 3.05) is 5.32 Å². The lowest BCUT2D eigenvalue weighted by atomic mass is 10.1. The highest BCUT2D eigenvalue weighted by Crippen LogP contribution is 2.39. The molecule has 0 unspecified atom stereocenters. The Balaban J connectivity index is 2.37. The summed E-state index contributed by atoms with van der Waals surface area (Å²) < 4.78 is 67.2.